The molecule has 98 valence electrons. The molecule has 1 heterocycles. The molecule has 4 heteroatoms. The topological polar surface area (TPSA) is 20.3 Å². The monoisotopic (exact) mass is 283 g/mol. The summed E-state index contributed by atoms with van der Waals surface area (Å²) in [7, 11) is 1.91. The van der Waals surface area contributed by atoms with Crippen molar-refractivity contribution in [3.63, 3.8) is 0 Å². The summed E-state index contributed by atoms with van der Waals surface area (Å²) in [6, 6.07) is 2.11. The maximum Gasteiger partial charge on any atom is 0.263 e. The Bertz CT molecular complexity index is 443. The molecule has 1 aromatic heterocycles. The molecule has 1 amide bonds. The van der Waals surface area contributed by atoms with Crippen molar-refractivity contribution in [3.05, 3.63) is 21.4 Å². The number of carbonyl (C=O) groups excluding carboxylic acids is 1. The molecule has 0 aliphatic heterocycles. The highest BCUT2D eigenvalue weighted by Gasteiger charge is 2.30. The molecule has 0 N–H and O–H groups in total. The van der Waals surface area contributed by atoms with Crippen molar-refractivity contribution in [2.24, 2.45) is 5.92 Å². The van der Waals surface area contributed by atoms with Gasteiger partial charge in [-0.15, -0.1) is 22.9 Å². The quantitative estimate of drug-likeness (QED) is 0.779. The molecule has 2 aliphatic rings. The molecular weight excluding hydrogens is 266 g/mol. The Morgan fingerprint density at radius 3 is 2.94 bits per heavy atom. The third-order valence-corrected chi connectivity index (χ3v) is 5.60. The Kier molecular flexibility index (Phi) is 3.37. The van der Waals surface area contributed by atoms with Crippen molar-refractivity contribution in [3.8, 4) is 0 Å². The van der Waals surface area contributed by atoms with Crippen LogP contribution in [0.4, 0.5) is 0 Å². The maximum atomic E-state index is 12.3. The van der Waals surface area contributed by atoms with Crippen molar-refractivity contribution < 1.29 is 4.79 Å². The summed E-state index contributed by atoms with van der Waals surface area (Å²) < 4.78 is 0. The van der Waals surface area contributed by atoms with Gasteiger partial charge in [-0.05, 0) is 49.7 Å². The van der Waals surface area contributed by atoms with Crippen LogP contribution in [0.3, 0.4) is 0 Å². The molecule has 2 nitrogen and oxygen atoms in total. The number of alkyl halides is 1. The van der Waals surface area contributed by atoms with Crippen LogP contribution in [0.25, 0.3) is 0 Å². The van der Waals surface area contributed by atoms with Crippen LogP contribution in [0.2, 0.25) is 0 Å². The molecule has 0 atom stereocenters. The summed E-state index contributed by atoms with van der Waals surface area (Å²) in [6.07, 6.45) is 5.68. The minimum atomic E-state index is 0.187. The molecule has 0 saturated heterocycles. The number of nitrogens with zero attached hydrogens (tertiary/aromatic N) is 1. The Morgan fingerprint density at radius 2 is 2.28 bits per heavy atom. The molecule has 1 saturated carbocycles. The van der Waals surface area contributed by atoms with Gasteiger partial charge in [0.15, 0.2) is 0 Å². The van der Waals surface area contributed by atoms with Crippen molar-refractivity contribution in [1.29, 1.82) is 0 Å². The summed E-state index contributed by atoms with van der Waals surface area (Å²) in [5.74, 6) is 0.792. The van der Waals surface area contributed by atoms with Gasteiger partial charge in [0.25, 0.3) is 5.91 Å². The van der Waals surface area contributed by atoms with E-state index in [-0.39, 0.29) is 5.91 Å². The van der Waals surface area contributed by atoms with Crippen LogP contribution in [-0.2, 0) is 12.8 Å². The van der Waals surface area contributed by atoms with E-state index in [0.29, 0.717) is 11.3 Å². The van der Waals surface area contributed by atoms with E-state index in [9.17, 15) is 4.79 Å². The fourth-order valence-electron chi connectivity index (χ4n) is 2.90. The molecule has 3 rings (SSSR count). The predicted molar refractivity (Wildman–Crippen MR) is 75.7 cm³/mol. The van der Waals surface area contributed by atoms with Crippen LogP contribution in [0.5, 0.6) is 0 Å². The first-order chi connectivity index (χ1) is 8.63. The number of thiophene rings is 1. The number of carbonyl (C=O) groups is 1. The maximum absolute atomic E-state index is 12.3. The zero-order chi connectivity index (χ0) is 12.7. The van der Waals surface area contributed by atoms with Gasteiger partial charge in [-0.25, -0.2) is 0 Å². The Labute approximate surface area is 117 Å². The second-order valence-corrected chi connectivity index (χ2v) is 7.29. The number of rotatable bonds is 3. The lowest BCUT2D eigenvalue weighted by Gasteiger charge is -2.33. The zero-order valence-electron chi connectivity index (χ0n) is 10.6. The first kappa shape index (κ1) is 12.5. The highest BCUT2D eigenvalue weighted by molar-refractivity contribution is 7.14. The molecule has 0 bridgehead atoms. The number of amides is 1. The largest absolute Gasteiger partial charge is 0.341 e. The first-order valence-corrected chi connectivity index (χ1v) is 7.90. The molecule has 18 heavy (non-hydrogen) atoms. The Morgan fingerprint density at radius 1 is 1.50 bits per heavy atom. The number of hydrogen-bond acceptors (Lipinski definition) is 2. The number of halogens is 1. The summed E-state index contributed by atoms with van der Waals surface area (Å²) in [4.78, 5) is 16.5. The highest BCUT2D eigenvalue weighted by Crippen LogP contribution is 2.34. The molecule has 0 aromatic carbocycles. The lowest BCUT2D eigenvalue weighted by molar-refractivity contribution is 0.0751. The molecule has 1 aromatic rings. The van der Waals surface area contributed by atoms with Gasteiger partial charge in [-0.2, -0.15) is 0 Å². The number of aryl methyl sites for hydroxylation is 2. The lowest BCUT2D eigenvalue weighted by atomic mass is 9.84. The SMILES string of the molecule is CN(CC1CC(Cl)C1)C(=O)c1cc2c(s1)CCC2. The van der Waals surface area contributed by atoms with Crippen molar-refractivity contribution >= 4 is 28.8 Å². The summed E-state index contributed by atoms with van der Waals surface area (Å²) in [6.45, 7) is 0.852. The second kappa shape index (κ2) is 4.86. The van der Waals surface area contributed by atoms with Gasteiger partial charge < -0.3 is 4.90 Å². The number of fused-ring (bicyclic) bond motifs is 1. The van der Waals surface area contributed by atoms with Crippen molar-refractivity contribution in [1.82, 2.24) is 4.90 Å². The number of hydrogen-bond donors (Lipinski definition) is 0. The smallest absolute Gasteiger partial charge is 0.263 e. The Hall–Kier alpha value is -0.540. The minimum absolute atomic E-state index is 0.187. The van der Waals surface area contributed by atoms with E-state index in [4.69, 9.17) is 11.6 Å². The van der Waals surface area contributed by atoms with Gasteiger partial charge >= 0.3 is 0 Å². The van der Waals surface area contributed by atoms with Crippen LogP contribution in [-0.4, -0.2) is 29.8 Å². The fraction of sp³-hybridized carbons (Fsp3) is 0.643. The Balaban J connectivity index is 1.62. The molecule has 0 spiro atoms. The molecule has 0 radical (unpaired) electrons. The van der Waals surface area contributed by atoms with Crippen LogP contribution >= 0.6 is 22.9 Å². The lowest BCUT2D eigenvalue weighted by Crippen LogP contribution is -2.37. The third-order valence-electron chi connectivity index (χ3n) is 4.01. The summed E-state index contributed by atoms with van der Waals surface area (Å²) in [5, 5.41) is 0.337. The van der Waals surface area contributed by atoms with E-state index >= 15 is 0 Å². The molecule has 0 unspecified atom stereocenters. The van der Waals surface area contributed by atoms with Crippen LogP contribution in [0, 0.1) is 5.92 Å². The molecular formula is C14H18ClNOS. The van der Waals surface area contributed by atoms with E-state index in [0.717, 1.165) is 37.1 Å². The van der Waals surface area contributed by atoms with E-state index in [1.807, 2.05) is 11.9 Å². The van der Waals surface area contributed by atoms with Gasteiger partial charge in [0, 0.05) is 23.8 Å². The van der Waals surface area contributed by atoms with E-state index in [2.05, 4.69) is 6.07 Å². The third kappa shape index (κ3) is 2.30. The van der Waals surface area contributed by atoms with Gasteiger partial charge in [0.1, 0.15) is 0 Å². The van der Waals surface area contributed by atoms with E-state index < -0.39 is 0 Å². The van der Waals surface area contributed by atoms with E-state index in [1.165, 1.54) is 16.9 Å². The van der Waals surface area contributed by atoms with Crippen LogP contribution < -0.4 is 0 Å². The van der Waals surface area contributed by atoms with Gasteiger partial charge in [0.05, 0.1) is 4.88 Å². The normalized spacial score (nSPS) is 25.7. The molecule has 1 fully saturated rings. The average molecular weight is 284 g/mol. The van der Waals surface area contributed by atoms with E-state index in [1.54, 1.807) is 11.3 Å². The highest BCUT2D eigenvalue weighted by atomic mass is 35.5. The fourth-order valence-corrected chi connectivity index (χ4v) is 4.65. The zero-order valence-corrected chi connectivity index (χ0v) is 12.2. The minimum Gasteiger partial charge on any atom is -0.341 e. The van der Waals surface area contributed by atoms with Gasteiger partial charge in [-0.1, -0.05) is 0 Å². The molecule has 2 aliphatic carbocycles. The van der Waals surface area contributed by atoms with Crippen LogP contribution in [0.1, 0.15) is 39.4 Å². The van der Waals surface area contributed by atoms with Crippen LogP contribution in [0.15, 0.2) is 6.07 Å². The second-order valence-electron chi connectivity index (χ2n) is 5.53. The van der Waals surface area contributed by atoms with Crippen molar-refractivity contribution in [2.75, 3.05) is 13.6 Å². The standard InChI is InChI=1S/C14H18ClNOS/c1-16(8-9-5-11(15)6-9)14(17)13-7-10-3-2-4-12(10)18-13/h7,9,11H,2-6,8H2,1H3. The first-order valence-electron chi connectivity index (χ1n) is 6.64. The average Bonchev–Trinajstić information content (AvgIpc) is 2.85. The van der Waals surface area contributed by atoms with Gasteiger partial charge in [-0.3, -0.25) is 4.79 Å². The van der Waals surface area contributed by atoms with Gasteiger partial charge in [0.2, 0.25) is 0 Å². The summed E-state index contributed by atoms with van der Waals surface area (Å²) in [5.41, 5.74) is 1.40. The summed E-state index contributed by atoms with van der Waals surface area (Å²) >= 11 is 7.67. The predicted octanol–water partition coefficient (Wildman–Crippen LogP) is 3.33. The van der Waals surface area contributed by atoms with Crippen molar-refractivity contribution in [2.45, 2.75) is 37.5 Å².